The highest BCUT2D eigenvalue weighted by Gasteiger charge is 2.22. The first-order valence-electron chi connectivity index (χ1n) is 11.5. The highest BCUT2D eigenvalue weighted by molar-refractivity contribution is 7.18. The van der Waals surface area contributed by atoms with Gasteiger partial charge in [0.15, 0.2) is 11.5 Å². The fraction of sp³-hybridized carbons (Fsp3) is 0.417. The van der Waals surface area contributed by atoms with E-state index in [-0.39, 0.29) is 43.0 Å². The molecule has 5 rings (SSSR count). The maximum atomic E-state index is 13.0. The van der Waals surface area contributed by atoms with Crippen molar-refractivity contribution >= 4 is 33.4 Å². The first-order chi connectivity index (χ1) is 16.6. The van der Waals surface area contributed by atoms with E-state index < -0.39 is 0 Å². The highest BCUT2D eigenvalue weighted by atomic mass is 32.1. The summed E-state index contributed by atoms with van der Waals surface area (Å²) in [4.78, 5) is 43.9. The van der Waals surface area contributed by atoms with Crippen LogP contribution in [0.15, 0.2) is 35.4 Å². The SMILES string of the molecule is O=C(CCNC(=O)Cn1cnc2sc3c(c2c1=O)CCCC3)NCC1COc2ccccc2O1. The van der Waals surface area contributed by atoms with E-state index in [2.05, 4.69) is 15.6 Å². The number of hydrogen-bond acceptors (Lipinski definition) is 7. The van der Waals surface area contributed by atoms with Gasteiger partial charge in [-0.05, 0) is 43.4 Å². The number of benzene rings is 1. The molecule has 0 bridgehead atoms. The number of carbonyl (C=O) groups is 2. The Morgan fingerprint density at radius 1 is 1.12 bits per heavy atom. The van der Waals surface area contributed by atoms with E-state index in [4.69, 9.17) is 9.47 Å². The minimum absolute atomic E-state index is 0.124. The van der Waals surface area contributed by atoms with Crippen LogP contribution in [0, 0.1) is 0 Å². The summed E-state index contributed by atoms with van der Waals surface area (Å²) in [6, 6.07) is 7.40. The van der Waals surface area contributed by atoms with Gasteiger partial charge in [-0.1, -0.05) is 12.1 Å². The van der Waals surface area contributed by atoms with Crippen LogP contribution in [0.3, 0.4) is 0 Å². The third kappa shape index (κ3) is 4.77. The number of nitrogens with one attached hydrogen (secondary N) is 2. The van der Waals surface area contributed by atoms with Gasteiger partial charge in [-0.2, -0.15) is 0 Å². The fourth-order valence-electron chi connectivity index (χ4n) is 4.30. The average Bonchev–Trinajstić information content (AvgIpc) is 3.24. The summed E-state index contributed by atoms with van der Waals surface area (Å²) in [6.07, 6.45) is 5.38. The van der Waals surface area contributed by atoms with Crippen molar-refractivity contribution in [3.8, 4) is 11.5 Å². The molecule has 178 valence electrons. The van der Waals surface area contributed by atoms with Crippen LogP contribution in [-0.4, -0.2) is 47.2 Å². The second-order valence-corrected chi connectivity index (χ2v) is 9.55. The van der Waals surface area contributed by atoms with E-state index in [1.807, 2.05) is 24.3 Å². The first-order valence-corrected chi connectivity index (χ1v) is 12.3. The highest BCUT2D eigenvalue weighted by Crippen LogP contribution is 2.33. The van der Waals surface area contributed by atoms with E-state index in [1.165, 1.54) is 15.8 Å². The summed E-state index contributed by atoms with van der Waals surface area (Å²) in [6.45, 7) is 0.718. The van der Waals surface area contributed by atoms with Gasteiger partial charge in [0.05, 0.1) is 18.3 Å². The molecule has 2 N–H and O–H groups in total. The van der Waals surface area contributed by atoms with Gasteiger partial charge in [-0.25, -0.2) is 4.98 Å². The van der Waals surface area contributed by atoms with Gasteiger partial charge in [0.1, 0.15) is 24.1 Å². The lowest BCUT2D eigenvalue weighted by Crippen LogP contribution is -2.41. The number of thiophene rings is 1. The average molecular weight is 483 g/mol. The Bertz CT molecular complexity index is 1280. The zero-order valence-corrected chi connectivity index (χ0v) is 19.5. The normalized spacial score (nSPS) is 16.6. The van der Waals surface area contributed by atoms with Crippen molar-refractivity contribution in [2.75, 3.05) is 19.7 Å². The van der Waals surface area contributed by atoms with Crippen LogP contribution in [0.2, 0.25) is 0 Å². The zero-order chi connectivity index (χ0) is 23.5. The number of para-hydroxylation sites is 2. The van der Waals surface area contributed by atoms with Crippen LogP contribution >= 0.6 is 11.3 Å². The Hall–Kier alpha value is -3.40. The van der Waals surface area contributed by atoms with Crippen LogP contribution in [0.4, 0.5) is 0 Å². The lowest BCUT2D eigenvalue weighted by Gasteiger charge is -2.26. The Kier molecular flexibility index (Phi) is 6.48. The number of rotatable bonds is 7. The number of hydrogen-bond donors (Lipinski definition) is 2. The van der Waals surface area contributed by atoms with Crippen LogP contribution in [0.1, 0.15) is 29.7 Å². The maximum absolute atomic E-state index is 13.0. The summed E-state index contributed by atoms with van der Waals surface area (Å²) >= 11 is 1.58. The molecule has 34 heavy (non-hydrogen) atoms. The van der Waals surface area contributed by atoms with Crippen molar-refractivity contribution in [2.45, 2.75) is 44.8 Å². The number of amides is 2. The number of aryl methyl sites for hydroxylation is 2. The number of fused-ring (bicyclic) bond motifs is 4. The van der Waals surface area contributed by atoms with E-state index in [0.29, 0.717) is 30.0 Å². The van der Waals surface area contributed by atoms with Gasteiger partial charge in [0.2, 0.25) is 11.8 Å². The molecule has 1 aliphatic carbocycles. The topological polar surface area (TPSA) is 112 Å². The Balaban J connectivity index is 1.08. The van der Waals surface area contributed by atoms with E-state index >= 15 is 0 Å². The smallest absolute Gasteiger partial charge is 0.262 e. The molecule has 1 unspecified atom stereocenters. The lowest BCUT2D eigenvalue weighted by molar-refractivity contribution is -0.122. The zero-order valence-electron chi connectivity index (χ0n) is 18.7. The first kappa shape index (κ1) is 22.4. The summed E-state index contributed by atoms with van der Waals surface area (Å²) in [5, 5.41) is 6.16. The van der Waals surface area contributed by atoms with E-state index in [9.17, 15) is 14.4 Å². The molecular weight excluding hydrogens is 456 g/mol. The molecule has 3 aromatic rings. The van der Waals surface area contributed by atoms with Gasteiger partial charge < -0.3 is 20.1 Å². The summed E-state index contributed by atoms with van der Waals surface area (Å²) in [5.41, 5.74) is 0.930. The number of aromatic nitrogens is 2. The van der Waals surface area contributed by atoms with Gasteiger partial charge in [0.25, 0.3) is 5.56 Å². The summed E-state index contributed by atoms with van der Waals surface area (Å²) < 4.78 is 12.8. The van der Waals surface area contributed by atoms with Crippen molar-refractivity contribution in [2.24, 2.45) is 0 Å². The third-order valence-electron chi connectivity index (χ3n) is 6.02. The molecular formula is C24H26N4O5S. The monoisotopic (exact) mass is 482 g/mol. The van der Waals surface area contributed by atoms with Gasteiger partial charge in [-0.3, -0.25) is 19.0 Å². The van der Waals surface area contributed by atoms with Gasteiger partial charge >= 0.3 is 0 Å². The quantitative estimate of drug-likeness (QED) is 0.531. The predicted molar refractivity (Wildman–Crippen MR) is 128 cm³/mol. The molecule has 0 fully saturated rings. The molecule has 1 aromatic carbocycles. The van der Waals surface area contributed by atoms with Crippen LogP contribution in [-0.2, 0) is 29.0 Å². The Morgan fingerprint density at radius 3 is 2.82 bits per heavy atom. The lowest BCUT2D eigenvalue weighted by atomic mass is 9.97. The van der Waals surface area contributed by atoms with Crippen molar-refractivity contribution in [3.05, 3.63) is 51.4 Å². The van der Waals surface area contributed by atoms with Crippen molar-refractivity contribution < 1.29 is 19.1 Å². The minimum Gasteiger partial charge on any atom is -0.486 e. The molecule has 2 aliphatic rings. The van der Waals surface area contributed by atoms with Crippen molar-refractivity contribution in [1.29, 1.82) is 0 Å². The Labute approximate surface area is 200 Å². The van der Waals surface area contributed by atoms with Crippen molar-refractivity contribution in [1.82, 2.24) is 20.2 Å². The predicted octanol–water partition coefficient (Wildman–Crippen LogP) is 1.80. The summed E-state index contributed by atoms with van der Waals surface area (Å²) in [7, 11) is 0. The van der Waals surface area contributed by atoms with Crippen LogP contribution < -0.4 is 25.7 Å². The molecule has 2 aromatic heterocycles. The molecule has 0 saturated carbocycles. The number of carbonyl (C=O) groups excluding carboxylic acids is 2. The standard InChI is InChI=1S/C24H26N4O5S/c29-20(26-11-15-13-32-17-6-2-3-7-18(17)33-15)9-10-25-21(30)12-28-14-27-23-22(24(28)31)16-5-1-4-8-19(16)34-23/h2-3,6-7,14-15H,1,4-5,8-13H2,(H,25,30)(H,26,29). The second kappa shape index (κ2) is 9.84. The molecule has 9 nitrogen and oxygen atoms in total. The van der Waals surface area contributed by atoms with Gasteiger partial charge in [0, 0.05) is 17.8 Å². The molecule has 3 heterocycles. The van der Waals surface area contributed by atoms with E-state index in [1.54, 1.807) is 11.3 Å². The van der Waals surface area contributed by atoms with Gasteiger partial charge in [-0.15, -0.1) is 11.3 Å². The largest absolute Gasteiger partial charge is 0.486 e. The molecule has 0 spiro atoms. The Morgan fingerprint density at radius 2 is 1.94 bits per heavy atom. The third-order valence-corrected chi connectivity index (χ3v) is 7.22. The van der Waals surface area contributed by atoms with E-state index in [0.717, 1.165) is 36.1 Å². The molecule has 0 saturated heterocycles. The van der Waals surface area contributed by atoms with Crippen LogP contribution in [0.25, 0.3) is 10.2 Å². The van der Waals surface area contributed by atoms with Crippen LogP contribution in [0.5, 0.6) is 11.5 Å². The molecule has 10 heteroatoms. The fourth-order valence-corrected chi connectivity index (χ4v) is 5.52. The second-order valence-electron chi connectivity index (χ2n) is 8.47. The maximum Gasteiger partial charge on any atom is 0.262 e. The molecule has 1 aliphatic heterocycles. The number of nitrogens with zero attached hydrogens (tertiary/aromatic N) is 2. The molecule has 0 radical (unpaired) electrons. The minimum atomic E-state index is -0.333. The molecule has 1 atom stereocenters. The summed E-state index contributed by atoms with van der Waals surface area (Å²) in [5.74, 6) is 0.819. The van der Waals surface area contributed by atoms with Crippen molar-refractivity contribution in [3.63, 3.8) is 0 Å². The number of ether oxygens (including phenoxy) is 2. The molecule has 2 amide bonds.